The molecule has 1 aliphatic carbocycles. The molecule has 3 N–H and O–H groups in total. The number of nitrogen functional groups attached to an aromatic ring is 1. The highest BCUT2D eigenvalue weighted by molar-refractivity contribution is 7.22. The Hall–Kier alpha value is -3.56. The summed E-state index contributed by atoms with van der Waals surface area (Å²) in [5, 5.41) is 4.13. The summed E-state index contributed by atoms with van der Waals surface area (Å²) in [6.07, 6.45) is 3.89. The molecule has 6 rings (SSSR count). The molecular weight excluding hydrogens is 448 g/mol. The quantitative estimate of drug-likeness (QED) is 0.446. The van der Waals surface area contributed by atoms with Gasteiger partial charge in [-0.15, -0.1) is 0 Å². The Morgan fingerprint density at radius 3 is 2.76 bits per heavy atom. The number of hydrogen-bond acceptors (Lipinski definition) is 8. The number of carbonyl (C=O) groups is 1. The number of rotatable bonds is 5. The predicted octanol–water partition coefficient (Wildman–Crippen LogP) is 4.30. The second-order valence-electron chi connectivity index (χ2n) is 8.58. The van der Waals surface area contributed by atoms with Crippen LogP contribution in [-0.4, -0.2) is 47.2 Å². The van der Waals surface area contributed by atoms with Gasteiger partial charge in [-0.3, -0.25) is 4.79 Å². The number of anilines is 3. The van der Waals surface area contributed by atoms with Gasteiger partial charge in [0.05, 0.1) is 29.1 Å². The fraction of sp³-hybridized carbons (Fsp3) is 0.280. The second kappa shape index (κ2) is 8.66. The first-order chi connectivity index (χ1) is 16.7. The molecule has 0 bridgehead atoms. The summed E-state index contributed by atoms with van der Waals surface area (Å²) in [5.74, 6) is 0.599. The summed E-state index contributed by atoms with van der Waals surface area (Å²) in [4.78, 5) is 29.0. The number of aromatic nitrogens is 3. The van der Waals surface area contributed by atoms with Gasteiger partial charge in [0.15, 0.2) is 5.13 Å². The Bertz CT molecular complexity index is 1380. The molecule has 4 heterocycles. The Morgan fingerprint density at radius 2 is 1.97 bits per heavy atom. The number of amides is 1. The van der Waals surface area contributed by atoms with Crippen LogP contribution in [0.25, 0.3) is 21.5 Å². The smallest absolute Gasteiger partial charge is 0.274 e. The van der Waals surface area contributed by atoms with Crippen LogP contribution in [0, 0.1) is 0 Å². The molecule has 8 nitrogen and oxygen atoms in total. The van der Waals surface area contributed by atoms with Crippen LogP contribution in [0.15, 0.2) is 48.7 Å². The minimum absolute atomic E-state index is 0.247. The van der Waals surface area contributed by atoms with Crippen LogP contribution in [0.3, 0.4) is 0 Å². The highest BCUT2D eigenvalue weighted by atomic mass is 32.1. The molecule has 4 aromatic rings. The van der Waals surface area contributed by atoms with E-state index in [1.165, 1.54) is 0 Å². The summed E-state index contributed by atoms with van der Waals surface area (Å²) < 4.78 is 6.53. The maximum atomic E-state index is 13.2. The molecule has 34 heavy (non-hydrogen) atoms. The van der Waals surface area contributed by atoms with Gasteiger partial charge in [-0.2, -0.15) is 0 Å². The number of nitrogens with two attached hydrogens (primary N) is 1. The van der Waals surface area contributed by atoms with Crippen molar-refractivity contribution in [2.45, 2.75) is 18.8 Å². The molecule has 1 saturated carbocycles. The Kier molecular flexibility index (Phi) is 5.35. The zero-order valence-corrected chi connectivity index (χ0v) is 19.3. The van der Waals surface area contributed by atoms with Gasteiger partial charge in [0.1, 0.15) is 11.5 Å². The molecule has 0 radical (unpaired) electrons. The third-order valence-electron chi connectivity index (χ3n) is 6.19. The van der Waals surface area contributed by atoms with Crippen LogP contribution >= 0.6 is 11.3 Å². The number of nitrogens with one attached hydrogen (secondary N) is 1. The molecule has 2 fully saturated rings. The fourth-order valence-corrected chi connectivity index (χ4v) is 5.28. The molecule has 0 atom stereocenters. The topological polar surface area (TPSA) is 106 Å². The lowest BCUT2D eigenvalue weighted by molar-refractivity contribution is 0.102. The number of fused-ring (bicyclic) bond motifs is 1. The van der Waals surface area contributed by atoms with Crippen molar-refractivity contribution in [3.05, 3.63) is 59.9 Å². The molecule has 9 heteroatoms. The van der Waals surface area contributed by atoms with E-state index >= 15 is 0 Å². The third kappa shape index (κ3) is 4.08. The van der Waals surface area contributed by atoms with Gasteiger partial charge >= 0.3 is 0 Å². The van der Waals surface area contributed by atoms with Crippen molar-refractivity contribution >= 4 is 44.1 Å². The van der Waals surface area contributed by atoms with Crippen LogP contribution in [0.1, 0.15) is 34.8 Å². The maximum Gasteiger partial charge on any atom is 0.274 e. The minimum Gasteiger partial charge on any atom is -0.383 e. The van der Waals surface area contributed by atoms with Gasteiger partial charge in [0.2, 0.25) is 0 Å². The molecule has 1 aliphatic heterocycles. The van der Waals surface area contributed by atoms with Crippen LogP contribution in [0.2, 0.25) is 0 Å². The average Bonchev–Trinajstić information content (AvgIpc) is 3.63. The maximum absolute atomic E-state index is 13.2. The number of thiazole rings is 1. The molecule has 172 valence electrons. The summed E-state index contributed by atoms with van der Waals surface area (Å²) in [5.41, 5.74) is 10.6. The van der Waals surface area contributed by atoms with Crippen LogP contribution in [-0.2, 0) is 4.74 Å². The van der Waals surface area contributed by atoms with Gasteiger partial charge in [0, 0.05) is 30.5 Å². The van der Waals surface area contributed by atoms with E-state index in [4.69, 9.17) is 15.5 Å². The highest BCUT2D eigenvalue weighted by Crippen LogP contribution is 2.46. The number of benzene rings is 1. The summed E-state index contributed by atoms with van der Waals surface area (Å²) in [7, 11) is 0. The van der Waals surface area contributed by atoms with Crippen molar-refractivity contribution in [1.82, 2.24) is 15.0 Å². The first kappa shape index (κ1) is 21.0. The minimum atomic E-state index is -0.247. The number of hydrogen-bond donors (Lipinski definition) is 2. The Balaban J connectivity index is 1.31. The number of morpholine rings is 1. The van der Waals surface area contributed by atoms with E-state index in [9.17, 15) is 4.79 Å². The van der Waals surface area contributed by atoms with E-state index in [0.29, 0.717) is 28.7 Å². The average molecular weight is 473 g/mol. The van der Waals surface area contributed by atoms with E-state index in [1.807, 2.05) is 18.2 Å². The molecule has 2 aliphatic rings. The lowest BCUT2D eigenvalue weighted by atomic mass is 10.1. The number of nitrogens with zero attached hydrogens (tertiary/aromatic N) is 4. The van der Waals surface area contributed by atoms with E-state index in [0.717, 1.165) is 65.7 Å². The van der Waals surface area contributed by atoms with Crippen LogP contribution in [0.5, 0.6) is 0 Å². The number of ether oxygens (including phenoxy) is 1. The third-order valence-corrected chi connectivity index (χ3v) is 7.27. The number of pyridine rings is 2. The highest BCUT2D eigenvalue weighted by Gasteiger charge is 2.28. The van der Waals surface area contributed by atoms with Crippen LogP contribution < -0.4 is 16.0 Å². The van der Waals surface area contributed by atoms with Crippen molar-refractivity contribution < 1.29 is 9.53 Å². The molecule has 1 aromatic carbocycles. The molecular formula is C25H24N6O2S. The van der Waals surface area contributed by atoms with Crippen molar-refractivity contribution in [2.75, 3.05) is 42.3 Å². The zero-order chi connectivity index (χ0) is 23.1. The largest absolute Gasteiger partial charge is 0.383 e. The standard InChI is InChI=1S/C25H24N6O2S/c26-23-16(3-2-8-27-23)18-4-1-5-19(28-18)24(32)29-20-14-22-21(13-17(20)15-6-7-15)30-25(34-22)31-9-11-33-12-10-31/h1-5,8,13-15H,6-7,9-12H2,(H2,26,27)(H,29,32). The first-order valence-electron chi connectivity index (χ1n) is 11.4. The number of carbonyl (C=O) groups excluding carboxylic acids is 1. The molecule has 1 amide bonds. The van der Waals surface area contributed by atoms with Gasteiger partial charge in [-0.05, 0) is 60.7 Å². The SMILES string of the molecule is Nc1ncccc1-c1cccc(C(=O)Nc2cc3sc(N4CCOCC4)nc3cc2C2CC2)n1. The fourth-order valence-electron chi connectivity index (χ4n) is 4.24. The monoisotopic (exact) mass is 472 g/mol. The molecule has 3 aromatic heterocycles. The van der Waals surface area contributed by atoms with E-state index < -0.39 is 0 Å². The second-order valence-corrected chi connectivity index (χ2v) is 9.58. The van der Waals surface area contributed by atoms with E-state index in [1.54, 1.807) is 29.7 Å². The van der Waals surface area contributed by atoms with E-state index in [2.05, 4.69) is 32.3 Å². The van der Waals surface area contributed by atoms with Crippen LogP contribution in [0.4, 0.5) is 16.6 Å². The van der Waals surface area contributed by atoms with E-state index in [-0.39, 0.29) is 5.91 Å². The van der Waals surface area contributed by atoms with Gasteiger partial charge in [-0.25, -0.2) is 15.0 Å². The Morgan fingerprint density at radius 1 is 1.12 bits per heavy atom. The molecule has 0 unspecified atom stereocenters. The van der Waals surface area contributed by atoms with Crippen molar-refractivity contribution in [1.29, 1.82) is 0 Å². The van der Waals surface area contributed by atoms with Crippen molar-refractivity contribution in [3.63, 3.8) is 0 Å². The lowest BCUT2D eigenvalue weighted by Gasteiger charge is -2.25. The van der Waals surface area contributed by atoms with Gasteiger partial charge < -0.3 is 20.7 Å². The molecule has 1 saturated heterocycles. The zero-order valence-electron chi connectivity index (χ0n) is 18.5. The molecule has 0 spiro atoms. The summed E-state index contributed by atoms with van der Waals surface area (Å²) in [6, 6.07) is 13.2. The Labute approximate surface area is 200 Å². The predicted molar refractivity (Wildman–Crippen MR) is 134 cm³/mol. The van der Waals surface area contributed by atoms with Gasteiger partial charge in [0.25, 0.3) is 5.91 Å². The first-order valence-corrected chi connectivity index (χ1v) is 12.2. The lowest BCUT2D eigenvalue weighted by Crippen LogP contribution is -2.36. The summed E-state index contributed by atoms with van der Waals surface area (Å²) in [6.45, 7) is 3.15. The normalized spacial score (nSPS) is 16.1. The summed E-state index contributed by atoms with van der Waals surface area (Å²) >= 11 is 1.65. The van der Waals surface area contributed by atoms with Crippen molar-refractivity contribution in [3.8, 4) is 11.3 Å². The van der Waals surface area contributed by atoms with Gasteiger partial charge in [-0.1, -0.05) is 17.4 Å². The van der Waals surface area contributed by atoms with Crippen molar-refractivity contribution in [2.24, 2.45) is 0 Å².